The molecule has 0 spiro atoms. The second-order valence-electron chi connectivity index (χ2n) is 8.39. The Balaban J connectivity index is 1.49. The Kier molecular flexibility index (Phi) is 5.30. The summed E-state index contributed by atoms with van der Waals surface area (Å²) in [5.74, 6) is -0.706. The van der Waals surface area contributed by atoms with Gasteiger partial charge in [0, 0.05) is 11.8 Å². The van der Waals surface area contributed by atoms with Crippen LogP contribution in [0.4, 0.5) is 10.2 Å². The molecule has 2 aromatic heterocycles. The topological polar surface area (TPSA) is 104 Å². The highest BCUT2D eigenvalue weighted by Gasteiger charge is 2.56. The molecule has 2 aliphatic rings. The number of rotatable bonds is 5. The van der Waals surface area contributed by atoms with Crippen LogP contribution in [0.15, 0.2) is 30.5 Å². The van der Waals surface area contributed by atoms with Crippen molar-refractivity contribution in [3.05, 3.63) is 47.1 Å². The summed E-state index contributed by atoms with van der Waals surface area (Å²) in [7, 11) is 0. The quantitative estimate of drug-likeness (QED) is 0.556. The molecule has 11 heteroatoms. The van der Waals surface area contributed by atoms with Crippen molar-refractivity contribution < 1.29 is 23.7 Å². The molecule has 0 aliphatic carbocycles. The zero-order valence-corrected chi connectivity index (χ0v) is 18.5. The number of nitrogens with one attached hydrogen (secondary N) is 1. The molecule has 32 heavy (non-hydrogen) atoms. The third-order valence-electron chi connectivity index (χ3n) is 5.66. The van der Waals surface area contributed by atoms with Crippen molar-refractivity contribution in [2.75, 3.05) is 11.9 Å². The second-order valence-corrected chi connectivity index (χ2v) is 8.73. The largest absolute Gasteiger partial charge is 0.394 e. The molecule has 0 saturated carbocycles. The predicted octanol–water partition coefficient (Wildman–Crippen LogP) is 3.20. The van der Waals surface area contributed by atoms with E-state index >= 15 is 0 Å². The Morgan fingerprint density at radius 3 is 2.75 bits per heavy atom. The third kappa shape index (κ3) is 3.71. The number of benzene rings is 1. The summed E-state index contributed by atoms with van der Waals surface area (Å²) in [6.45, 7) is 5.24. The molecule has 170 valence electrons. The van der Waals surface area contributed by atoms with Crippen LogP contribution < -0.4 is 5.32 Å². The number of halogens is 2. The van der Waals surface area contributed by atoms with Crippen molar-refractivity contribution in [1.82, 2.24) is 19.7 Å². The smallest absolute Gasteiger partial charge is 0.226 e. The van der Waals surface area contributed by atoms with Crippen LogP contribution in [0.1, 0.15) is 38.6 Å². The maximum absolute atomic E-state index is 14.2. The fraction of sp³-hybridized carbons (Fsp3) is 0.476. The molecule has 2 fully saturated rings. The highest BCUT2D eigenvalue weighted by atomic mass is 35.5. The summed E-state index contributed by atoms with van der Waals surface area (Å²) >= 11 is 6.13. The molecule has 4 heterocycles. The van der Waals surface area contributed by atoms with Crippen LogP contribution in [0.3, 0.4) is 0 Å². The molecule has 0 radical (unpaired) electrons. The van der Waals surface area contributed by atoms with Crippen molar-refractivity contribution >= 4 is 28.5 Å². The van der Waals surface area contributed by atoms with Gasteiger partial charge in [0.2, 0.25) is 5.28 Å². The lowest BCUT2D eigenvalue weighted by atomic mass is 10.1. The van der Waals surface area contributed by atoms with Gasteiger partial charge in [0.15, 0.2) is 17.7 Å². The summed E-state index contributed by atoms with van der Waals surface area (Å²) in [6.07, 6.45) is -0.358. The van der Waals surface area contributed by atoms with Crippen LogP contribution in [0.5, 0.6) is 0 Å². The van der Waals surface area contributed by atoms with Gasteiger partial charge in [0.1, 0.15) is 29.9 Å². The van der Waals surface area contributed by atoms with Gasteiger partial charge in [-0.1, -0.05) is 18.2 Å². The van der Waals surface area contributed by atoms with Gasteiger partial charge < -0.3 is 24.6 Å². The number of aliphatic hydroxyl groups is 1. The molecular weight excluding hydrogens is 441 g/mol. The monoisotopic (exact) mass is 463 g/mol. The fourth-order valence-corrected chi connectivity index (χ4v) is 4.43. The zero-order chi connectivity index (χ0) is 22.6. The highest BCUT2D eigenvalue weighted by Crippen LogP contribution is 2.43. The first-order valence-corrected chi connectivity index (χ1v) is 10.7. The lowest BCUT2D eigenvalue weighted by molar-refractivity contribution is -0.201. The summed E-state index contributed by atoms with van der Waals surface area (Å²) in [5.41, 5.74) is 0.841. The number of fused-ring (bicyclic) bond motifs is 2. The molecule has 9 nitrogen and oxygen atoms in total. The van der Waals surface area contributed by atoms with Gasteiger partial charge in [-0.15, -0.1) is 5.10 Å². The van der Waals surface area contributed by atoms with Crippen LogP contribution in [-0.2, 0) is 14.2 Å². The first kappa shape index (κ1) is 21.5. The Morgan fingerprint density at radius 1 is 1.25 bits per heavy atom. The average Bonchev–Trinajstić information content (AvgIpc) is 3.38. The van der Waals surface area contributed by atoms with Crippen molar-refractivity contribution in [3.63, 3.8) is 0 Å². The minimum atomic E-state index is -0.803. The zero-order valence-electron chi connectivity index (χ0n) is 17.7. The van der Waals surface area contributed by atoms with Gasteiger partial charge in [0.05, 0.1) is 18.0 Å². The fourth-order valence-electron chi connectivity index (χ4n) is 4.27. The molecule has 2 aliphatic heterocycles. The predicted molar refractivity (Wildman–Crippen MR) is 114 cm³/mol. The minimum absolute atomic E-state index is 0.00557. The van der Waals surface area contributed by atoms with E-state index < -0.39 is 30.3 Å². The minimum Gasteiger partial charge on any atom is -0.394 e. The lowest BCUT2D eigenvalue weighted by Gasteiger charge is -2.23. The molecule has 0 amide bonds. The van der Waals surface area contributed by atoms with E-state index in [0.717, 1.165) is 0 Å². The van der Waals surface area contributed by atoms with Crippen LogP contribution in [0, 0.1) is 5.82 Å². The SMILES string of the molecule is C[C@H](Nc1nc(Cl)nc2nn([C@@H]3O[C@H](CO)[C@H]4OC(C)(C)O[C@H]43)cc12)c1ccccc1F. The van der Waals surface area contributed by atoms with Gasteiger partial charge in [-0.25, -0.2) is 9.07 Å². The first-order chi connectivity index (χ1) is 15.3. The van der Waals surface area contributed by atoms with Gasteiger partial charge in [-0.05, 0) is 38.4 Å². The molecule has 5 rings (SSSR count). The molecule has 2 N–H and O–H groups in total. The number of hydrogen-bond acceptors (Lipinski definition) is 8. The molecule has 3 aromatic rings. The van der Waals surface area contributed by atoms with E-state index in [2.05, 4.69) is 20.4 Å². The van der Waals surface area contributed by atoms with Crippen molar-refractivity contribution in [1.29, 1.82) is 0 Å². The molecule has 2 saturated heterocycles. The number of ether oxygens (including phenoxy) is 3. The molecule has 1 aromatic carbocycles. The summed E-state index contributed by atoms with van der Waals surface area (Å²) in [6, 6.07) is 6.14. The Labute approximate surface area is 188 Å². The summed E-state index contributed by atoms with van der Waals surface area (Å²) < 4.78 is 33.7. The normalized spacial score (nSPS) is 27.6. The molecule has 5 atom stereocenters. The number of aliphatic hydroxyl groups excluding tert-OH is 1. The molecular formula is C21H23ClFN5O4. The standard InChI is InChI=1S/C21H23ClFN5O4/c1-10(11-6-4-5-7-13(11)23)24-17-12-8-28(27-18(12)26-20(22)25-17)19-16-15(14(9-29)30-19)31-21(2,3)32-16/h4-8,10,14-16,19,29H,9H2,1-3H3,(H,24,25,26,27)/t10-,14+,15+,16+,19+/m0/s1. The van der Waals surface area contributed by atoms with E-state index in [1.165, 1.54) is 6.07 Å². The van der Waals surface area contributed by atoms with E-state index in [0.29, 0.717) is 22.4 Å². The van der Waals surface area contributed by atoms with Crippen LogP contribution >= 0.6 is 11.6 Å². The van der Waals surface area contributed by atoms with E-state index in [1.54, 1.807) is 29.1 Å². The number of anilines is 1. The number of hydrogen-bond donors (Lipinski definition) is 2. The van der Waals surface area contributed by atoms with E-state index in [9.17, 15) is 9.50 Å². The lowest BCUT2D eigenvalue weighted by Crippen LogP contribution is -2.31. The maximum atomic E-state index is 14.2. The Hall–Kier alpha value is -2.37. The van der Waals surface area contributed by atoms with E-state index in [-0.39, 0.29) is 23.7 Å². The van der Waals surface area contributed by atoms with Crippen molar-refractivity contribution in [3.8, 4) is 0 Å². The van der Waals surface area contributed by atoms with Gasteiger partial charge in [0.25, 0.3) is 0 Å². The second kappa shape index (κ2) is 7.89. The van der Waals surface area contributed by atoms with Crippen molar-refractivity contribution in [2.24, 2.45) is 0 Å². The number of aromatic nitrogens is 4. The Bertz CT molecular complexity index is 1160. The number of nitrogens with zero attached hydrogens (tertiary/aromatic N) is 4. The van der Waals surface area contributed by atoms with Crippen LogP contribution in [0.2, 0.25) is 5.28 Å². The summed E-state index contributed by atoms with van der Waals surface area (Å²) in [5, 5.41) is 18.0. The third-order valence-corrected chi connectivity index (χ3v) is 5.83. The van der Waals surface area contributed by atoms with Crippen molar-refractivity contribution in [2.45, 2.75) is 57.1 Å². The van der Waals surface area contributed by atoms with Gasteiger partial charge >= 0.3 is 0 Å². The molecule has 0 unspecified atom stereocenters. The highest BCUT2D eigenvalue weighted by molar-refractivity contribution is 6.28. The van der Waals surface area contributed by atoms with Crippen LogP contribution in [0.25, 0.3) is 11.0 Å². The first-order valence-electron chi connectivity index (χ1n) is 10.3. The Morgan fingerprint density at radius 2 is 2.00 bits per heavy atom. The van der Waals surface area contributed by atoms with E-state index in [1.807, 2.05) is 20.8 Å². The maximum Gasteiger partial charge on any atom is 0.226 e. The van der Waals surface area contributed by atoms with E-state index in [4.69, 9.17) is 25.8 Å². The van der Waals surface area contributed by atoms with Gasteiger partial charge in [-0.3, -0.25) is 0 Å². The molecule has 0 bridgehead atoms. The van der Waals surface area contributed by atoms with Gasteiger partial charge in [-0.2, -0.15) is 9.97 Å². The van der Waals surface area contributed by atoms with Crippen LogP contribution in [-0.4, -0.2) is 55.6 Å². The summed E-state index contributed by atoms with van der Waals surface area (Å²) in [4.78, 5) is 8.50. The average molecular weight is 464 g/mol.